The standard InChI is InChI=1S/C14H28N2O/c1-5-6-12(4)16-14(17)8-7-13(9-10-15)11(2)3/h5,11-13H,1,6-10,15H2,2-4H3,(H,16,17). The molecule has 0 spiro atoms. The SMILES string of the molecule is C=CCC(C)NC(=O)CCC(CCN)C(C)C. The minimum absolute atomic E-state index is 0.141. The maximum atomic E-state index is 11.7. The highest BCUT2D eigenvalue weighted by Crippen LogP contribution is 2.20. The molecule has 17 heavy (non-hydrogen) atoms. The lowest BCUT2D eigenvalue weighted by Crippen LogP contribution is -2.32. The number of nitrogens with two attached hydrogens (primary N) is 1. The van der Waals surface area contributed by atoms with E-state index >= 15 is 0 Å². The predicted molar refractivity (Wildman–Crippen MR) is 73.7 cm³/mol. The fourth-order valence-corrected chi connectivity index (χ4v) is 2.00. The molecule has 0 bridgehead atoms. The van der Waals surface area contributed by atoms with Crippen LogP contribution in [-0.4, -0.2) is 18.5 Å². The summed E-state index contributed by atoms with van der Waals surface area (Å²) < 4.78 is 0. The lowest BCUT2D eigenvalue weighted by Gasteiger charge is -2.20. The van der Waals surface area contributed by atoms with Crippen LogP contribution in [0.15, 0.2) is 12.7 Å². The summed E-state index contributed by atoms with van der Waals surface area (Å²) in [5.41, 5.74) is 5.58. The van der Waals surface area contributed by atoms with Crippen LogP contribution in [0.25, 0.3) is 0 Å². The van der Waals surface area contributed by atoms with Crippen molar-refractivity contribution in [3.63, 3.8) is 0 Å². The van der Waals surface area contributed by atoms with Crippen molar-refractivity contribution in [2.24, 2.45) is 17.6 Å². The Morgan fingerprint density at radius 3 is 2.47 bits per heavy atom. The van der Waals surface area contributed by atoms with Crippen LogP contribution in [0.2, 0.25) is 0 Å². The first kappa shape index (κ1) is 16.2. The van der Waals surface area contributed by atoms with Crippen LogP contribution in [-0.2, 0) is 4.79 Å². The molecule has 0 aromatic rings. The van der Waals surface area contributed by atoms with Crippen LogP contribution >= 0.6 is 0 Å². The van der Waals surface area contributed by atoms with Crippen LogP contribution in [0.3, 0.4) is 0 Å². The van der Waals surface area contributed by atoms with E-state index in [1.54, 1.807) is 0 Å². The van der Waals surface area contributed by atoms with Gasteiger partial charge in [-0.25, -0.2) is 0 Å². The summed E-state index contributed by atoms with van der Waals surface area (Å²) in [5.74, 6) is 1.29. The van der Waals surface area contributed by atoms with Gasteiger partial charge in [0.1, 0.15) is 0 Å². The van der Waals surface area contributed by atoms with Gasteiger partial charge in [0.2, 0.25) is 5.91 Å². The fourth-order valence-electron chi connectivity index (χ4n) is 2.00. The molecule has 100 valence electrons. The molecular weight excluding hydrogens is 212 g/mol. The zero-order valence-corrected chi connectivity index (χ0v) is 11.5. The van der Waals surface area contributed by atoms with Gasteiger partial charge in [-0.05, 0) is 44.6 Å². The van der Waals surface area contributed by atoms with Gasteiger partial charge in [-0.1, -0.05) is 19.9 Å². The summed E-state index contributed by atoms with van der Waals surface area (Å²) >= 11 is 0. The summed E-state index contributed by atoms with van der Waals surface area (Å²) in [6.45, 7) is 10.8. The monoisotopic (exact) mass is 240 g/mol. The maximum absolute atomic E-state index is 11.7. The number of hydrogen-bond donors (Lipinski definition) is 2. The number of amides is 1. The molecule has 0 aromatic carbocycles. The summed E-state index contributed by atoms with van der Waals surface area (Å²) in [5, 5.41) is 2.98. The summed E-state index contributed by atoms with van der Waals surface area (Å²) in [6.07, 6.45) is 5.19. The van der Waals surface area contributed by atoms with E-state index in [0.717, 1.165) is 19.3 Å². The number of rotatable bonds is 9. The second kappa shape index (κ2) is 9.23. The molecule has 0 fully saturated rings. The summed E-state index contributed by atoms with van der Waals surface area (Å²) in [6, 6.07) is 0.187. The Hall–Kier alpha value is -0.830. The van der Waals surface area contributed by atoms with E-state index in [9.17, 15) is 4.79 Å². The third-order valence-electron chi connectivity index (χ3n) is 3.15. The number of hydrogen-bond acceptors (Lipinski definition) is 2. The normalized spacial score (nSPS) is 14.4. The Morgan fingerprint density at radius 2 is 2.00 bits per heavy atom. The zero-order chi connectivity index (χ0) is 13.3. The second-order valence-electron chi connectivity index (χ2n) is 5.11. The maximum Gasteiger partial charge on any atom is 0.220 e. The van der Waals surface area contributed by atoms with E-state index in [1.807, 2.05) is 13.0 Å². The van der Waals surface area contributed by atoms with Gasteiger partial charge in [0.15, 0.2) is 0 Å². The van der Waals surface area contributed by atoms with E-state index in [4.69, 9.17) is 5.73 Å². The first-order valence-electron chi connectivity index (χ1n) is 6.61. The average molecular weight is 240 g/mol. The first-order chi connectivity index (χ1) is 8.01. The molecule has 3 heteroatoms. The van der Waals surface area contributed by atoms with Crippen molar-refractivity contribution in [2.75, 3.05) is 6.54 Å². The van der Waals surface area contributed by atoms with Gasteiger partial charge in [0.25, 0.3) is 0 Å². The van der Waals surface area contributed by atoms with Crippen molar-refractivity contribution in [2.45, 2.75) is 52.5 Å². The molecule has 0 aliphatic carbocycles. The van der Waals surface area contributed by atoms with Crippen LogP contribution in [0, 0.1) is 11.8 Å². The minimum Gasteiger partial charge on any atom is -0.353 e. The molecule has 0 rings (SSSR count). The van der Waals surface area contributed by atoms with Gasteiger partial charge >= 0.3 is 0 Å². The molecule has 2 unspecified atom stereocenters. The lowest BCUT2D eigenvalue weighted by molar-refractivity contribution is -0.122. The molecule has 2 atom stereocenters. The zero-order valence-electron chi connectivity index (χ0n) is 11.5. The van der Waals surface area contributed by atoms with E-state index in [2.05, 4.69) is 25.7 Å². The molecule has 0 aromatic heterocycles. The van der Waals surface area contributed by atoms with Crippen molar-refractivity contribution >= 4 is 5.91 Å². The molecule has 0 saturated carbocycles. The number of carbonyl (C=O) groups is 1. The Balaban J connectivity index is 3.91. The molecule has 3 N–H and O–H groups in total. The smallest absolute Gasteiger partial charge is 0.220 e. The Kier molecular flexibility index (Phi) is 8.78. The lowest BCUT2D eigenvalue weighted by atomic mass is 9.88. The molecule has 0 aliphatic rings. The topological polar surface area (TPSA) is 55.1 Å². The first-order valence-corrected chi connectivity index (χ1v) is 6.61. The largest absolute Gasteiger partial charge is 0.353 e. The van der Waals surface area contributed by atoms with Gasteiger partial charge < -0.3 is 11.1 Å². The highest BCUT2D eigenvalue weighted by molar-refractivity contribution is 5.76. The van der Waals surface area contributed by atoms with Crippen LogP contribution in [0.1, 0.15) is 46.5 Å². The van der Waals surface area contributed by atoms with Crippen molar-refractivity contribution < 1.29 is 4.79 Å². The Labute approximate surface area is 106 Å². The van der Waals surface area contributed by atoms with Gasteiger partial charge in [-0.3, -0.25) is 4.79 Å². The molecule has 0 heterocycles. The summed E-state index contributed by atoms with van der Waals surface area (Å²) in [4.78, 5) is 11.7. The van der Waals surface area contributed by atoms with Gasteiger partial charge in [-0.15, -0.1) is 6.58 Å². The highest BCUT2D eigenvalue weighted by Gasteiger charge is 2.14. The Morgan fingerprint density at radius 1 is 1.35 bits per heavy atom. The van der Waals surface area contributed by atoms with Crippen LogP contribution in [0.5, 0.6) is 0 Å². The molecule has 0 radical (unpaired) electrons. The van der Waals surface area contributed by atoms with E-state index < -0.39 is 0 Å². The molecular formula is C14H28N2O. The van der Waals surface area contributed by atoms with E-state index in [0.29, 0.717) is 24.8 Å². The molecule has 1 amide bonds. The molecule has 0 aliphatic heterocycles. The van der Waals surface area contributed by atoms with Crippen molar-refractivity contribution in [1.29, 1.82) is 0 Å². The molecule has 0 saturated heterocycles. The fraction of sp³-hybridized carbons (Fsp3) is 0.786. The van der Waals surface area contributed by atoms with E-state index in [1.165, 1.54) is 0 Å². The predicted octanol–water partition coefficient (Wildman–Crippen LogP) is 2.47. The van der Waals surface area contributed by atoms with Gasteiger partial charge in [0.05, 0.1) is 0 Å². The number of carbonyl (C=O) groups excluding carboxylic acids is 1. The minimum atomic E-state index is 0.141. The van der Waals surface area contributed by atoms with Gasteiger partial charge in [-0.2, -0.15) is 0 Å². The van der Waals surface area contributed by atoms with Crippen molar-refractivity contribution in [1.82, 2.24) is 5.32 Å². The third kappa shape index (κ3) is 7.97. The van der Waals surface area contributed by atoms with Crippen LogP contribution < -0.4 is 11.1 Å². The van der Waals surface area contributed by atoms with Crippen molar-refractivity contribution in [3.8, 4) is 0 Å². The third-order valence-corrected chi connectivity index (χ3v) is 3.15. The van der Waals surface area contributed by atoms with Crippen molar-refractivity contribution in [3.05, 3.63) is 12.7 Å². The Bertz CT molecular complexity index is 226. The number of nitrogens with one attached hydrogen (secondary N) is 1. The van der Waals surface area contributed by atoms with Gasteiger partial charge in [0, 0.05) is 12.5 Å². The van der Waals surface area contributed by atoms with Crippen LogP contribution in [0.4, 0.5) is 0 Å². The summed E-state index contributed by atoms with van der Waals surface area (Å²) in [7, 11) is 0. The quantitative estimate of drug-likeness (QED) is 0.608. The highest BCUT2D eigenvalue weighted by atomic mass is 16.1. The average Bonchev–Trinajstić information content (AvgIpc) is 2.23. The second-order valence-corrected chi connectivity index (χ2v) is 5.11. The molecule has 3 nitrogen and oxygen atoms in total. The van der Waals surface area contributed by atoms with E-state index in [-0.39, 0.29) is 11.9 Å².